The van der Waals surface area contributed by atoms with Crippen LogP contribution in [0.2, 0.25) is 5.02 Å². The van der Waals surface area contributed by atoms with Crippen molar-refractivity contribution in [2.75, 3.05) is 0 Å². The number of rotatable bonds is 4. The molecule has 0 aliphatic heterocycles. The largest absolute Gasteiger partial charge is 0.271 e. The molecule has 20 heavy (non-hydrogen) atoms. The maximum absolute atomic E-state index is 13.9. The van der Waals surface area contributed by atoms with E-state index in [1.807, 2.05) is 24.3 Å². The summed E-state index contributed by atoms with van der Waals surface area (Å²) >= 11 is 11.5. The molecule has 3 N–H and O–H groups in total. The number of hydrogen-bond acceptors (Lipinski definition) is 2. The van der Waals surface area contributed by atoms with Gasteiger partial charge in [0, 0.05) is 13.1 Å². The van der Waals surface area contributed by atoms with Gasteiger partial charge in [-0.2, -0.15) is 0 Å². The SMILES string of the molecule is NNC(Cc1ccc(Br)cc1F)c1cc(Cl)ccc1I. The fourth-order valence-corrected chi connectivity index (χ4v) is 3.17. The molecule has 0 aromatic heterocycles. The summed E-state index contributed by atoms with van der Waals surface area (Å²) in [6.07, 6.45) is 0.450. The maximum Gasteiger partial charge on any atom is 0.127 e. The molecule has 1 unspecified atom stereocenters. The molecule has 1 atom stereocenters. The Kier molecular flexibility index (Phi) is 5.80. The second-order valence-corrected chi connectivity index (χ2v) is 6.84. The number of halogens is 4. The Hall–Kier alpha value is -0.210. The molecule has 106 valence electrons. The topological polar surface area (TPSA) is 38.0 Å². The molecule has 2 aromatic carbocycles. The molecule has 0 saturated heterocycles. The van der Waals surface area contributed by atoms with E-state index >= 15 is 0 Å². The highest BCUT2D eigenvalue weighted by atomic mass is 127. The minimum absolute atomic E-state index is 0.198. The zero-order valence-corrected chi connectivity index (χ0v) is 14.8. The van der Waals surface area contributed by atoms with E-state index in [1.165, 1.54) is 6.07 Å². The summed E-state index contributed by atoms with van der Waals surface area (Å²) < 4.78 is 15.7. The first-order valence-corrected chi connectivity index (χ1v) is 8.11. The molecule has 0 aliphatic rings. The summed E-state index contributed by atoms with van der Waals surface area (Å²) in [7, 11) is 0. The van der Waals surface area contributed by atoms with Crippen LogP contribution in [0.15, 0.2) is 40.9 Å². The normalized spacial score (nSPS) is 12.4. The van der Waals surface area contributed by atoms with Crippen LogP contribution in [0.5, 0.6) is 0 Å². The Morgan fingerprint density at radius 1 is 1.30 bits per heavy atom. The van der Waals surface area contributed by atoms with Crippen molar-refractivity contribution in [1.29, 1.82) is 0 Å². The first-order valence-electron chi connectivity index (χ1n) is 5.86. The predicted octanol–water partition coefficient (Wildman–Crippen LogP) is 4.59. The quantitative estimate of drug-likeness (QED) is 0.391. The zero-order chi connectivity index (χ0) is 14.7. The molecule has 0 bridgehead atoms. The monoisotopic (exact) mass is 468 g/mol. The Morgan fingerprint density at radius 2 is 2.05 bits per heavy atom. The van der Waals surface area contributed by atoms with Crippen molar-refractivity contribution in [3.8, 4) is 0 Å². The van der Waals surface area contributed by atoms with Crippen LogP contribution in [0.4, 0.5) is 4.39 Å². The molecule has 0 spiro atoms. The van der Waals surface area contributed by atoms with Crippen molar-refractivity contribution in [2.45, 2.75) is 12.5 Å². The lowest BCUT2D eigenvalue weighted by atomic mass is 9.99. The summed E-state index contributed by atoms with van der Waals surface area (Å²) in [5.41, 5.74) is 4.30. The molecule has 0 aliphatic carbocycles. The van der Waals surface area contributed by atoms with Gasteiger partial charge in [0.2, 0.25) is 0 Å². The number of nitrogens with one attached hydrogen (secondary N) is 1. The lowest BCUT2D eigenvalue weighted by Crippen LogP contribution is -2.30. The lowest BCUT2D eigenvalue weighted by Gasteiger charge is -2.18. The van der Waals surface area contributed by atoms with Crippen LogP contribution in [-0.2, 0) is 6.42 Å². The highest BCUT2D eigenvalue weighted by Crippen LogP contribution is 2.27. The highest BCUT2D eigenvalue weighted by molar-refractivity contribution is 14.1. The van der Waals surface area contributed by atoms with Crippen LogP contribution in [0.3, 0.4) is 0 Å². The molecule has 0 heterocycles. The van der Waals surface area contributed by atoms with Gasteiger partial charge in [-0.05, 0) is 70.5 Å². The highest BCUT2D eigenvalue weighted by Gasteiger charge is 2.16. The molecule has 0 fully saturated rings. The van der Waals surface area contributed by atoms with Crippen molar-refractivity contribution in [3.63, 3.8) is 0 Å². The Balaban J connectivity index is 2.31. The molecule has 2 aromatic rings. The molecular weight excluding hydrogens is 457 g/mol. The third-order valence-corrected chi connectivity index (χ3v) is 4.68. The van der Waals surface area contributed by atoms with E-state index in [0.29, 0.717) is 21.5 Å². The maximum atomic E-state index is 13.9. The molecule has 2 rings (SSSR count). The number of benzene rings is 2. The summed E-state index contributed by atoms with van der Waals surface area (Å²) in [4.78, 5) is 0. The minimum atomic E-state index is -0.253. The summed E-state index contributed by atoms with van der Waals surface area (Å²) in [6.45, 7) is 0. The Labute approximate surface area is 144 Å². The number of hydrogen-bond donors (Lipinski definition) is 2. The van der Waals surface area contributed by atoms with E-state index in [2.05, 4.69) is 43.9 Å². The first kappa shape index (κ1) is 16.2. The van der Waals surface area contributed by atoms with Gasteiger partial charge in [-0.1, -0.05) is 33.6 Å². The van der Waals surface area contributed by atoms with Crippen molar-refractivity contribution in [2.24, 2.45) is 5.84 Å². The zero-order valence-electron chi connectivity index (χ0n) is 10.3. The first-order chi connectivity index (χ1) is 9.51. The van der Waals surface area contributed by atoms with Crippen molar-refractivity contribution in [1.82, 2.24) is 5.43 Å². The molecule has 2 nitrogen and oxygen atoms in total. The van der Waals surface area contributed by atoms with Crippen LogP contribution < -0.4 is 11.3 Å². The van der Waals surface area contributed by atoms with Crippen LogP contribution >= 0.6 is 50.1 Å². The molecular formula is C14H12BrClFIN2. The van der Waals surface area contributed by atoms with E-state index in [-0.39, 0.29) is 11.9 Å². The van der Waals surface area contributed by atoms with Crippen LogP contribution in [0.25, 0.3) is 0 Å². The van der Waals surface area contributed by atoms with Gasteiger partial charge in [-0.15, -0.1) is 0 Å². The van der Waals surface area contributed by atoms with Crippen molar-refractivity contribution < 1.29 is 4.39 Å². The Morgan fingerprint density at radius 3 is 2.70 bits per heavy atom. The molecule has 6 heteroatoms. The minimum Gasteiger partial charge on any atom is -0.271 e. The van der Waals surface area contributed by atoms with Gasteiger partial charge in [0.05, 0.1) is 6.04 Å². The van der Waals surface area contributed by atoms with E-state index in [9.17, 15) is 4.39 Å². The fraction of sp³-hybridized carbons (Fsp3) is 0.143. The summed E-state index contributed by atoms with van der Waals surface area (Å²) in [5.74, 6) is 5.37. The van der Waals surface area contributed by atoms with Crippen molar-refractivity contribution >= 4 is 50.1 Å². The molecule has 0 amide bonds. The van der Waals surface area contributed by atoms with Gasteiger partial charge in [-0.3, -0.25) is 11.3 Å². The average Bonchev–Trinajstić information content (AvgIpc) is 2.41. The Bertz CT molecular complexity index is 624. The number of nitrogens with two attached hydrogens (primary N) is 1. The van der Waals surface area contributed by atoms with Crippen molar-refractivity contribution in [3.05, 3.63) is 66.4 Å². The van der Waals surface area contributed by atoms with Gasteiger partial charge < -0.3 is 0 Å². The third-order valence-electron chi connectivity index (χ3n) is 2.97. The third kappa shape index (κ3) is 3.92. The van der Waals surface area contributed by atoms with Gasteiger partial charge in [0.1, 0.15) is 5.82 Å². The van der Waals surface area contributed by atoms with Crippen LogP contribution in [0, 0.1) is 9.39 Å². The van der Waals surface area contributed by atoms with Crippen LogP contribution in [-0.4, -0.2) is 0 Å². The van der Waals surface area contributed by atoms with Crippen LogP contribution in [0.1, 0.15) is 17.2 Å². The van der Waals surface area contributed by atoms with E-state index in [0.717, 1.165) is 9.13 Å². The van der Waals surface area contributed by atoms with E-state index in [1.54, 1.807) is 6.07 Å². The smallest absolute Gasteiger partial charge is 0.127 e. The predicted molar refractivity (Wildman–Crippen MR) is 92.0 cm³/mol. The number of hydrazine groups is 1. The second kappa shape index (κ2) is 7.17. The lowest BCUT2D eigenvalue weighted by molar-refractivity contribution is 0.527. The summed E-state index contributed by atoms with van der Waals surface area (Å²) in [6, 6.07) is 10.4. The van der Waals surface area contributed by atoms with Gasteiger partial charge >= 0.3 is 0 Å². The average molecular weight is 470 g/mol. The van der Waals surface area contributed by atoms with Gasteiger partial charge in [0.15, 0.2) is 0 Å². The standard InChI is InChI=1S/C14H12BrClFIN2/c15-9-2-1-8(12(17)6-9)5-14(20-19)11-7-10(16)3-4-13(11)18/h1-4,6-7,14,20H,5,19H2. The van der Waals surface area contributed by atoms with E-state index in [4.69, 9.17) is 17.4 Å². The van der Waals surface area contributed by atoms with Gasteiger partial charge in [0.25, 0.3) is 0 Å². The van der Waals surface area contributed by atoms with E-state index < -0.39 is 0 Å². The fourth-order valence-electron chi connectivity index (χ4n) is 1.95. The second-order valence-electron chi connectivity index (χ2n) is 4.32. The van der Waals surface area contributed by atoms with Gasteiger partial charge in [-0.25, -0.2) is 4.39 Å². The molecule has 0 saturated carbocycles. The summed E-state index contributed by atoms with van der Waals surface area (Å²) in [5, 5.41) is 0.636. The molecule has 0 radical (unpaired) electrons.